The molecule has 1 aromatic rings. The average Bonchev–Trinajstić information content (AvgIpc) is 2.42. The molecule has 0 aliphatic rings. The van der Waals surface area contributed by atoms with E-state index in [2.05, 4.69) is 4.99 Å². The molecule has 1 atom stereocenters. The van der Waals surface area contributed by atoms with E-state index in [1.807, 2.05) is 30.3 Å². The third-order valence-electron chi connectivity index (χ3n) is 3.30. The van der Waals surface area contributed by atoms with Crippen molar-refractivity contribution in [3.63, 3.8) is 0 Å². The highest BCUT2D eigenvalue weighted by atomic mass is 16.1. The van der Waals surface area contributed by atoms with Crippen molar-refractivity contribution >= 4 is 17.5 Å². The minimum absolute atomic E-state index is 0.0427. The minimum Gasteiger partial charge on any atom is -0.370 e. The second-order valence-electron chi connectivity index (χ2n) is 5.16. The summed E-state index contributed by atoms with van der Waals surface area (Å²) in [5, 5.41) is 0. The minimum atomic E-state index is -0.240. The molecule has 0 radical (unpaired) electrons. The van der Waals surface area contributed by atoms with Gasteiger partial charge in [0.1, 0.15) is 11.6 Å². The Morgan fingerprint density at radius 3 is 2.43 bits per heavy atom. The number of Topliss-reactive ketones (excluding diaryl/α,β-unsaturated/α-hetero) is 2. The van der Waals surface area contributed by atoms with Crippen molar-refractivity contribution in [1.82, 2.24) is 0 Å². The molecule has 1 unspecified atom stereocenters. The number of ketones is 2. The Balaban J connectivity index is 2.44. The van der Waals surface area contributed by atoms with Gasteiger partial charge in [-0.15, -0.1) is 0 Å². The summed E-state index contributed by atoms with van der Waals surface area (Å²) in [6.07, 6.45) is 1.98. The van der Waals surface area contributed by atoms with Crippen LogP contribution in [0.3, 0.4) is 0 Å². The van der Waals surface area contributed by atoms with Gasteiger partial charge in [0.2, 0.25) is 0 Å². The Hall–Kier alpha value is -2.17. The zero-order valence-corrected chi connectivity index (χ0v) is 12.4. The lowest BCUT2D eigenvalue weighted by molar-refractivity contribution is -0.126. The van der Waals surface area contributed by atoms with Crippen LogP contribution in [0.4, 0.5) is 0 Å². The van der Waals surface area contributed by atoms with Crippen molar-refractivity contribution in [2.45, 2.75) is 32.6 Å². The number of hydrogen-bond donors (Lipinski definition) is 2. The maximum absolute atomic E-state index is 12.0. The molecule has 0 saturated carbocycles. The fraction of sp³-hybridized carbons (Fsp3) is 0.438. The standard InChI is InChI=1S/C16H23N3O2/c1-12(20)14(8-5-9-19-16(17)18)11-15(21)10-13-6-3-2-4-7-13/h2-4,6-7,14H,5,8-11H2,1H3,(H4,17,18,19). The molecule has 114 valence electrons. The number of rotatable bonds is 9. The first-order valence-electron chi connectivity index (χ1n) is 7.10. The van der Waals surface area contributed by atoms with Gasteiger partial charge in [0.25, 0.3) is 0 Å². The van der Waals surface area contributed by atoms with Crippen LogP contribution < -0.4 is 11.5 Å². The maximum atomic E-state index is 12.0. The van der Waals surface area contributed by atoms with E-state index >= 15 is 0 Å². The van der Waals surface area contributed by atoms with Crippen LogP contribution >= 0.6 is 0 Å². The van der Waals surface area contributed by atoms with Gasteiger partial charge in [-0.3, -0.25) is 14.6 Å². The van der Waals surface area contributed by atoms with Crippen molar-refractivity contribution in [2.75, 3.05) is 6.54 Å². The predicted molar refractivity (Wildman–Crippen MR) is 83.9 cm³/mol. The number of hydrogen-bond acceptors (Lipinski definition) is 3. The van der Waals surface area contributed by atoms with Crippen LogP contribution in [-0.4, -0.2) is 24.1 Å². The topological polar surface area (TPSA) is 98.5 Å². The molecule has 0 saturated heterocycles. The third-order valence-corrected chi connectivity index (χ3v) is 3.30. The Labute approximate surface area is 125 Å². The fourth-order valence-corrected chi connectivity index (χ4v) is 2.17. The summed E-state index contributed by atoms with van der Waals surface area (Å²) in [4.78, 5) is 27.5. The lowest BCUT2D eigenvalue weighted by atomic mass is 9.91. The SMILES string of the molecule is CC(=O)C(CCCN=C(N)N)CC(=O)Cc1ccccc1. The van der Waals surface area contributed by atoms with E-state index in [9.17, 15) is 9.59 Å². The smallest absolute Gasteiger partial charge is 0.185 e. The van der Waals surface area contributed by atoms with E-state index < -0.39 is 0 Å². The molecule has 5 heteroatoms. The summed E-state index contributed by atoms with van der Waals surface area (Å²) in [6, 6.07) is 9.55. The van der Waals surface area contributed by atoms with E-state index in [1.54, 1.807) is 0 Å². The van der Waals surface area contributed by atoms with Crippen LogP contribution in [0.1, 0.15) is 31.7 Å². The average molecular weight is 289 g/mol. The number of carbonyl (C=O) groups excluding carboxylic acids is 2. The van der Waals surface area contributed by atoms with Crippen molar-refractivity contribution in [1.29, 1.82) is 0 Å². The highest BCUT2D eigenvalue weighted by molar-refractivity contribution is 5.87. The number of nitrogens with two attached hydrogens (primary N) is 2. The van der Waals surface area contributed by atoms with Gasteiger partial charge in [-0.1, -0.05) is 30.3 Å². The van der Waals surface area contributed by atoms with E-state index in [0.717, 1.165) is 5.56 Å². The molecule has 0 spiro atoms. The first-order chi connectivity index (χ1) is 9.99. The summed E-state index contributed by atoms with van der Waals surface area (Å²) in [5.74, 6) is -0.0608. The van der Waals surface area contributed by atoms with Crippen LogP contribution in [0.15, 0.2) is 35.3 Å². The van der Waals surface area contributed by atoms with Crippen LogP contribution in [0.2, 0.25) is 0 Å². The molecule has 0 fully saturated rings. The lowest BCUT2D eigenvalue weighted by Crippen LogP contribution is -2.23. The van der Waals surface area contributed by atoms with Gasteiger partial charge >= 0.3 is 0 Å². The van der Waals surface area contributed by atoms with Crippen LogP contribution in [0.5, 0.6) is 0 Å². The van der Waals surface area contributed by atoms with Crippen molar-refractivity contribution in [2.24, 2.45) is 22.4 Å². The number of guanidine groups is 1. The Bertz CT molecular complexity index is 494. The molecule has 5 nitrogen and oxygen atoms in total. The number of benzene rings is 1. The van der Waals surface area contributed by atoms with Crippen molar-refractivity contribution in [3.8, 4) is 0 Å². The molecular formula is C16H23N3O2. The first-order valence-corrected chi connectivity index (χ1v) is 7.10. The highest BCUT2D eigenvalue weighted by Gasteiger charge is 2.18. The maximum Gasteiger partial charge on any atom is 0.185 e. The Morgan fingerprint density at radius 2 is 1.86 bits per heavy atom. The van der Waals surface area contributed by atoms with Crippen molar-refractivity contribution in [3.05, 3.63) is 35.9 Å². The molecule has 0 bridgehead atoms. The van der Waals surface area contributed by atoms with E-state index in [0.29, 0.717) is 25.8 Å². The summed E-state index contributed by atoms with van der Waals surface area (Å²) >= 11 is 0. The number of aliphatic imine (C=N–C) groups is 1. The normalized spacial score (nSPS) is 11.7. The van der Waals surface area contributed by atoms with Gasteiger partial charge in [0.05, 0.1) is 0 Å². The van der Waals surface area contributed by atoms with E-state index in [4.69, 9.17) is 11.5 Å². The van der Waals surface area contributed by atoms with Crippen LogP contribution in [0, 0.1) is 5.92 Å². The number of carbonyl (C=O) groups is 2. The predicted octanol–water partition coefficient (Wildman–Crippen LogP) is 1.45. The third kappa shape index (κ3) is 7.25. The van der Waals surface area contributed by atoms with Crippen LogP contribution in [-0.2, 0) is 16.0 Å². The van der Waals surface area contributed by atoms with Crippen molar-refractivity contribution < 1.29 is 9.59 Å². The van der Waals surface area contributed by atoms with Gasteiger partial charge in [-0.05, 0) is 25.3 Å². The van der Waals surface area contributed by atoms with Gasteiger partial charge < -0.3 is 11.5 Å². The van der Waals surface area contributed by atoms with Crippen LogP contribution in [0.25, 0.3) is 0 Å². The summed E-state index contributed by atoms with van der Waals surface area (Å²) in [5.41, 5.74) is 11.5. The lowest BCUT2D eigenvalue weighted by Gasteiger charge is -2.12. The fourth-order valence-electron chi connectivity index (χ4n) is 2.17. The van der Waals surface area contributed by atoms with Gasteiger partial charge in [0, 0.05) is 25.3 Å². The molecule has 0 aliphatic carbocycles. The Kier molecular flexibility index (Phi) is 7.15. The molecule has 0 aromatic heterocycles. The molecule has 4 N–H and O–H groups in total. The second-order valence-corrected chi connectivity index (χ2v) is 5.16. The van der Waals surface area contributed by atoms with E-state index in [1.165, 1.54) is 6.92 Å². The molecule has 0 aliphatic heterocycles. The zero-order chi connectivity index (χ0) is 15.7. The Morgan fingerprint density at radius 1 is 1.19 bits per heavy atom. The second kappa shape index (κ2) is 8.89. The molecule has 21 heavy (non-hydrogen) atoms. The van der Waals surface area contributed by atoms with Gasteiger partial charge in [-0.2, -0.15) is 0 Å². The monoisotopic (exact) mass is 289 g/mol. The van der Waals surface area contributed by atoms with Gasteiger partial charge in [-0.25, -0.2) is 0 Å². The molecule has 0 amide bonds. The largest absolute Gasteiger partial charge is 0.370 e. The number of nitrogens with zero attached hydrogens (tertiary/aromatic N) is 1. The molecule has 1 aromatic carbocycles. The summed E-state index contributed by atoms with van der Waals surface area (Å²) in [6.45, 7) is 2.01. The quantitative estimate of drug-likeness (QED) is 0.408. The summed E-state index contributed by atoms with van der Waals surface area (Å²) < 4.78 is 0. The first kappa shape index (κ1) is 16.9. The molecule has 1 rings (SSSR count). The highest BCUT2D eigenvalue weighted by Crippen LogP contribution is 2.15. The van der Waals surface area contributed by atoms with Gasteiger partial charge in [0.15, 0.2) is 5.96 Å². The van der Waals surface area contributed by atoms with E-state index in [-0.39, 0.29) is 29.9 Å². The summed E-state index contributed by atoms with van der Waals surface area (Å²) in [7, 11) is 0. The molecular weight excluding hydrogens is 266 g/mol. The molecule has 0 heterocycles. The zero-order valence-electron chi connectivity index (χ0n) is 12.4.